The predicted molar refractivity (Wildman–Crippen MR) is 114 cm³/mol. The van der Waals surface area contributed by atoms with Gasteiger partial charge < -0.3 is 20.3 Å². The third-order valence-electron chi connectivity index (χ3n) is 6.66. The van der Waals surface area contributed by atoms with Crippen LogP contribution in [0.25, 0.3) is 0 Å². The fraction of sp³-hybridized carbons (Fsp3) is 0.727. The van der Waals surface area contributed by atoms with Crippen LogP contribution in [0.3, 0.4) is 0 Å². The third kappa shape index (κ3) is 6.88. The Morgan fingerprint density at radius 3 is 2.79 bits per heavy atom. The molecule has 1 saturated carbocycles. The van der Waals surface area contributed by atoms with E-state index in [0.717, 1.165) is 38.2 Å². The molecule has 29 heavy (non-hydrogen) atoms. The molecule has 3 atom stereocenters. The maximum atomic E-state index is 11.0. The van der Waals surface area contributed by atoms with Crippen molar-refractivity contribution < 1.29 is 23.6 Å². The van der Waals surface area contributed by atoms with Crippen molar-refractivity contribution in [2.75, 3.05) is 20.3 Å². The molecule has 0 amide bonds. The molecule has 2 aliphatic rings. The molecule has 1 aromatic carbocycles. The molecule has 3 rings (SSSR count). The number of methoxy groups -OCH3 is 1. The van der Waals surface area contributed by atoms with Crippen LogP contribution in [0, 0.1) is 5.92 Å². The van der Waals surface area contributed by atoms with Crippen LogP contribution in [-0.4, -0.2) is 35.6 Å². The van der Waals surface area contributed by atoms with E-state index in [1.165, 1.54) is 48.8 Å². The van der Waals surface area contributed by atoms with Gasteiger partial charge in [-0.15, -0.1) is 0 Å². The first kappa shape index (κ1) is 22.9. The standard InChI is InChI=1S/C22H36NO5P/c1-27-12-4-2-3-5-17-6-7-19-14-20(9-8-18(19)13-17)21-10-11-22(23,15-21)16-28-29(24,25)26/h8-9,14,17,21H,2-7,10-13,15-16,23H2,1H3,(H2,24,25,26)/t17-,21+,22+/m0/s1. The zero-order valence-corrected chi connectivity index (χ0v) is 18.4. The van der Waals surface area contributed by atoms with Gasteiger partial charge >= 0.3 is 7.82 Å². The predicted octanol–water partition coefficient (Wildman–Crippen LogP) is 4.07. The van der Waals surface area contributed by atoms with Gasteiger partial charge in [-0.25, -0.2) is 4.57 Å². The first-order valence-electron chi connectivity index (χ1n) is 10.9. The minimum absolute atomic E-state index is 0.0925. The number of phosphoric ester groups is 1. The van der Waals surface area contributed by atoms with Crippen molar-refractivity contribution in [3.05, 3.63) is 34.9 Å². The van der Waals surface area contributed by atoms with Gasteiger partial charge in [0.1, 0.15) is 0 Å². The van der Waals surface area contributed by atoms with E-state index in [0.29, 0.717) is 12.3 Å². The minimum atomic E-state index is -4.47. The zero-order chi connectivity index (χ0) is 20.9. The number of benzene rings is 1. The van der Waals surface area contributed by atoms with Gasteiger partial charge in [0.15, 0.2) is 0 Å². The lowest BCUT2D eigenvalue weighted by molar-refractivity contribution is 0.153. The van der Waals surface area contributed by atoms with Crippen LogP contribution in [0.2, 0.25) is 0 Å². The topological polar surface area (TPSA) is 102 Å². The number of ether oxygens (including phenoxy) is 1. The van der Waals surface area contributed by atoms with Gasteiger partial charge in [-0.3, -0.25) is 4.52 Å². The van der Waals surface area contributed by atoms with Crippen molar-refractivity contribution in [3.8, 4) is 0 Å². The van der Waals surface area contributed by atoms with E-state index in [9.17, 15) is 4.57 Å². The Kier molecular flexibility index (Phi) is 7.94. The summed E-state index contributed by atoms with van der Waals surface area (Å²) in [4.78, 5) is 17.9. The van der Waals surface area contributed by atoms with Gasteiger partial charge in [0.25, 0.3) is 0 Å². The third-order valence-corrected chi connectivity index (χ3v) is 7.12. The average Bonchev–Trinajstić information content (AvgIpc) is 3.08. The highest BCUT2D eigenvalue weighted by atomic mass is 31.2. The maximum Gasteiger partial charge on any atom is 0.469 e. The number of rotatable bonds is 10. The first-order chi connectivity index (χ1) is 13.8. The fourth-order valence-electron chi connectivity index (χ4n) is 4.99. The molecule has 0 heterocycles. The molecule has 1 aromatic rings. The second kappa shape index (κ2) is 10.0. The number of aryl methyl sites for hydroxylation is 1. The Labute approximate surface area is 174 Å². The lowest BCUT2D eigenvalue weighted by atomic mass is 9.79. The smallest absolute Gasteiger partial charge is 0.385 e. The number of hydrogen-bond acceptors (Lipinski definition) is 4. The summed E-state index contributed by atoms with van der Waals surface area (Å²) in [6.45, 7) is 0.776. The Morgan fingerprint density at radius 1 is 1.21 bits per heavy atom. The number of hydrogen-bond donors (Lipinski definition) is 3. The van der Waals surface area contributed by atoms with Crippen LogP contribution < -0.4 is 5.73 Å². The van der Waals surface area contributed by atoms with E-state index in [1.54, 1.807) is 7.11 Å². The first-order valence-corrected chi connectivity index (χ1v) is 12.4. The molecule has 0 bridgehead atoms. The minimum Gasteiger partial charge on any atom is -0.385 e. The molecule has 7 heteroatoms. The largest absolute Gasteiger partial charge is 0.469 e. The summed E-state index contributed by atoms with van der Waals surface area (Å²) in [5.74, 6) is 1.13. The van der Waals surface area contributed by atoms with Crippen molar-refractivity contribution >= 4 is 7.82 Å². The summed E-state index contributed by atoms with van der Waals surface area (Å²) in [7, 11) is -2.71. The van der Waals surface area contributed by atoms with E-state index in [1.807, 2.05) is 0 Å². The zero-order valence-electron chi connectivity index (χ0n) is 17.5. The summed E-state index contributed by atoms with van der Waals surface area (Å²) in [5, 5.41) is 0. The van der Waals surface area contributed by atoms with Crippen molar-refractivity contribution in [2.45, 2.75) is 75.7 Å². The molecule has 2 aliphatic carbocycles. The van der Waals surface area contributed by atoms with Gasteiger partial charge in [0, 0.05) is 19.3 Å². The number of fused-ring (bicyclic) bond motifs is 1. The van der Waals surface area contributed by atoms with Crippen LogP contribution in [0.5, 0.6) is 0 Å². The average molecular weight is 426 g/mol. The van der Waals surface area contributed by atoms with Gasteiger partial charge in [0.2, 0.25) is 0 Å². The normalized spacial score (nSPS) is 27.2. The Balaban J connectivity index is 1.52. The highest BCUT2D eigenvalue weighted by molar-refractivity contribution is 7.46. The van der Waals surface area contributed by atoms with Crippen LogP contribution in [0.15, 0.2) is 18.2 Å². The van der Waals surface area contributed by atoms with Crippen LogP contribution in [0.1, 0.15) is 74.0 Å². The molecule has 0 unspecified atom stereocenters. The van der Waals surface area contributed by atoms with E-state index in [4.69, 9.17) is 24.8 Å². The molecule has 1 fully saturated rings. The second-order valence-electron chi connectivity index (χ2n) is 9.05. The molecule has 0 spiro atoms. The molecule has 0 aliphatic heterocycles. The summed E-state index contributed by atoms with van der Waals surface area (Å²) in [5.41, 5.74) is 9.96. The van der Waals surface area contributed by atoms with Crippen molar-refractivity contribution in [1.82, 2.24) is 0 Å². The fourth-order valence-corrected chi connectivity index (χ4v) is 5.42. The lowest BCUT2D eigenvalue weighted by Gasteiger charge is -2.27. The van der Waals surface area contributed by atoms with Gasteiger partial charge in [-0.1, -0.05) is 37.5 Å². The van der Waals surface area contributed by atoms with E-state index in [-0.39, 0.29) is 6.61 Å². The quantitative estimate of drug-likeness (QED) is 0.386. The van der Waals surface area contributed by atoms with Crippen LogP contribution in [0.4, 0.5) is 0 Å². The van der Waals surface area contributed by atoms with Crippen LogP contribution in [-0.2, 0) is 26.7 Å². The van der Waals surface area contributed by atoms with Crippen LogP contribution >= 0.6 is 7.82 Å². The van der Waals surface area contributed by atoms with Crippen molar-refractivity contribution in [3.63, 3.8) is 0 Å². The van der Waals surface area contributed by atoms with Gasteiger partial charge in [-0.2, -0.15) is 0 Å². The monoisotopic (exact) mass is 425 g/mol. The lowest BCUT2D eigenvalue weighted by Crippen LogP contribution is -2.41. The molecule has 164 valence electrons. The van der Waals surface area contributed by atoms with Gasteiger partial charge in [0.05, 0.1) is 6.61 Å². The highest BCUT2D eigenvalue weighted by Gasteiger charge is 2.38. The Bertz CT molecular complexity index is 721. The Morgan fingerprint density at radius 2 is 2.03 bits per heavy atom. The summed E-state index contributed by atoms with van der Waals surface area (Å²) in [6.07, 6.45) is 11.0. The van der Waals surface area contributed by atoms with Gasteiger partial charge in [-0.05, 0) is 73.5 Å². The molecular weight excluding hydrogens is 389 g/mol. The molecule has 0 saturated heterocycles. The van der Waals surface area contributed by atoms with E-state index in [2.05, 4.69) is 18.2 Å². The number of phosphoric acid groups is 1. The summed E-state index contributed by atoms with van der Waals surface area (Å²) in [6, 6.07) is 6.88. The van der Waals surface area contributed by atoms with Crippen molar-refractivity contribution in [2.24, 2.45) is 11.7 Å². The molecule has 0 radical (unpaired) electrons. The van der Waals surface area contributed by atoms with E-state index >= 15 is 0 Å². The van der Waals surface area contributed by atoms with Crippen molar-refractivity contribution in [1.29, 1.82) is 0 Å². The van der Waals surface area contributed by atoms with E-state index < -0.39 is 13.4 Å². The molecule has 4 N–H and O–H groups in total. The summed E-state index contributed by atoms with van der Waals surface area (Å²) < 4.78 is 20.8. The summed E-state index contributed by atoms with van der Waals surface area (Å²) >= 11 is 0. The highest BCUT2D eigenvalue weighted by Crippen LogP contribution is 2.44. The number of unbranched alkanes of at least 4 members (excludes halogenated alkanes) is 2. The second-order valence-corrected chi connectivity index (χ2v) is 10.3. The molecule has 0 aromatic heterocycles. The molecule has 6 nitrogen and oxygen atoms in total. The Hall–Kier alpha value is -0.750. The SMILES string of the molecule is COCCCCC[C@H]1CCc2cc([C@@H]3CC[C@](N)(COP(=O)(O)O)C3)ccc2C1. The molecular formula is C22H36NO5P. The maximum absolute atomic E-state index is 11.0. The number of nitrogens with two attached hydrogens (primary N) is 1.